The highest BCUT2D eigenvalue weighted by molar-refractivity contribution is 14.1. The van der Waals surface area contributed by atoms with Crippen molar-refractivity contribution in [3.8, 4) is 0 Å². The Labute approximate surface area is 77.9 Å². The van der Waals surface area contributed by atoms with E-state index >= 15 is 0 Å². The maximum atomic E-state index is 2.57. The molecule has 1 saturated carbocycles. The molecule has 0 saturated heterocycles. The van der Waals surface area contributed by atoms with Gasteiger partial charge in [0.1, 0.15) is 0 Å². The van der Waals surface area contributed by atoms with Crippen LogP contribution in [-0.2, 0) is 0 Å². The van der Waals surface area contributed by atoms with E-state index in [4.69, 9.17) is 0 Å². The quantitative estimate of drug-likeness (QED) is 0.493. The van der Waals surface area contributed by atoms with Crippen LogP contribution in [0.3, 0.4) is 0 Å². The fraction of sp³-hybridized carbons (Fsp3) is 1.00. The number of rotatable bonds is 1. The van der Waals surface area contributed by atoms with E-state index in [1.807, 2.05) is 0 Å². The highest BCUT2D eigenvalue weighted by Crippen LogP contribution is 2.33. The normalized spacial score (nSPS) is 37.5. The van der Waals surface area contributed by atoms with E-state index in [1.165, 1.54) is 25.7 Å². The highest BCUT2D eigenvalue weighted by Gasteiger charge is 2.21. The zero-order valence-electron chi connectivity index (χ0n) is 6.94. The van der Waals surface area contributed by atoms with Crippen LogP contribution in [-0.4, -0.2) is 3.92 Å². The summed E-state index contributed by atoms with van der Waals surface area (Å²) in [5, 5.41) is 0. The van der Waals surface area contributed by atoms with Crippen molar-refractivity contribution in [2.45, 2.75) is 43.5 Å². The van der Waals surface area contributed by atoms with Crippen molar-refractivity contribution in [2.24, 2.45) is 11.8 Å². The van der Waals surface area contributed by atoms with Crippen LogP contribution < -0.4 is 0 Å². The number of hydrogen-bond acceptors (Lipinski definition) is 0. The second kappa shape index (κ2) is 3.93. The molecule has 10 heavy (non-hydrogen) atoms. The third-order valence-electron chi connectivity index (χ3n) is 2.63. The van der Waals surface area contributed by atoms with Crippen molar-refractivity contribution < 1.29 is 0 Å². The van der Waals surface area contributed by atoms with Gasteiger partial charge in [0, 0.05) is 3.92 Å². The molecule has 0 aromatic rings. The van der Waals surface area contributed by atoms with Gasteiger partial charge in [0.25, 0.3) is 0 Å². The van der Waals surface area contributed by atoms with Gasteiger partial charge in [0.2, 0.25) is 0 Å². The zero-order valence-corrected chi connectivity index (χ0v) is 9.10. The summed E-state index contributed by atoms with van der Waals surface area (Å²) in [6.07, 6.45) is 5.90. The van der Waals surface area contributed by atoms with Gasteiger partial charge in [0.15, 0.2) is 0 Å². The molecular weight excluding hydrogens is 235 g/mol. The molecule has 1 fully saturated rings. The Kier molecular flexibility index (Phi) is 3.47. The summed E-state index contributed by atoms with van der Waals surface area (Å²) in [6, 6.07) is 0. The van der Waals surface area contributed by atoms with E-state index in [9.17, 15) is 0 Å². The molecule has 0 heterocycles. The van der Waals surface area contributed by atoms with Gasteiger partial charge in [-0.2, -0.15) is 0 Å². The van der Waals surface area contributed by atoms with Gasteiger partial charge >= 0.3 is 0 Å². The molecule has 3 atom stereocenters. The molecule has 0 amide bonds. The summed E-state index contributed by atoms with van der Waals surface area (Å²) >= 11 is 2.57. The monoisotopic (exact) mass is 252 g/mol. The van der Waals surface area contributed by atoms with Crippen LogP contribution in [0.5, 0.6) is 0 Å². The van der Waals surface area contributed by atoms with E-state index in [0.29, 0.717) is 0 Å². The molecule has 0 radical (unpaired) electrons. The van der Waals surface area contributed by atoms with Gasteiger partial charge in [-0.05, 0) is 24.7 Å². The van der Waals surface area contributed by atoms with Gasteiger partial charge in [-0.15, -0.1) is 0 Å². The van der Waals surface area contributed by atoms with Crippen LogP contribution in [0.4, 0.5) is 0 Å². The Bertz CT molecular complexity index is 98.9. The Hall–Kier alpha value is 0.730. The predicted molar refractivity (Wildman–Crippen MR) is 54.6 cm³/mol. The largest absolute Gasteiger partial charge is 0.0826 e. The van der Waals surface area contributed by atoms with Crippen molar-refractivity contribution in [3.63, 3.8) is 0 Å². The Morgan fingerprint density at radius 2 is 2.10 bits per heavy atom. The van der Waals surface area contributed by atoms with Crippen LogP contribution in [0.2, 0.25) is 0 Å². The summed E-state index contributed by atoms with van der Waals surface area (Å²) < 4.78 is 0.889. The zero-order chi connectivity index (χ0) is 7.56. The maximum absolute atomic E-state index is 2.57. The van der Waals surface area contributed by atoms with Crippen LogP contribution in [0.1, 0.15) is 39.5 Å². The lowest BCUT2D eigenvalue weighted by molar-refractivity contribution is 0.286. The Morgan fingerprint density at radius 1 is 1.40 bits per heavy atom. The Morgan fingerprint density at radius 3 is 2.50 bits per heavy atom. The molecule has 0 nitrogen and oxygen atoms in total. The minimum atomic E-state index is 0.889. The van der Waals surface area contributed by atoms with Crippen LogP contribution in [0.25, 0.3) is 0 Å². The SMILES string of the molecule is CC1CCCC(C(C)I)C1. The number of hydrogen-bond donors (Lipinski definition) is 0. The van der Waals surface area contributed by atoms with Gasteiger partial charge in [-0.3, -0.25) is 0 Å². The molecule has 0 N–H and O–H groups in total. The minimum Gasteiger partial charge on any atom is -0.0826 e. The average molecular weight is 252 g/mol. The minimum absolute atomic E-state index is 0.889. The summed E-state index contributed by atoms with van der Waals surface area (Å²) in [5.41, 5.74) is 0. The molecule has 0 aromatic carbocycles. The van der Waals surface area contributed by atoms with Gasteiger partial charge in [-0.1, -0.05) is 49.3 Å². The molecule has 0 bridgehead atoms. The molecule has 1 heteroatoms. The lowest BCUT2D eigenvalue weighted by atomic mass is 9.81. The van der Waals surface area contributed by atoms with Gasteiger partial charge in [0.05, 0.1) is 0 Å². The van der Waals surface area contributed by atoms with Crippen LogP contribution >= 0.6 is 22.6 Å². The molecule has 0 spiro atoms. The smallest absolute Gasteiger partial charge is 0.0110 e. The van der Waals surface area contributed by atoms with Gasteiger partial charge < -0.3 is 0 Å². The second-order valence-electron chi connectivity index (χ2n) is 3.71. The molecule has 1 aliphatic carbocycles. The summed E-state index contributed by atoms with van der Waals surface area (Å²) in [6.45, 7) is 4.74. The summed E-state index contributed by atoms with van der Waals surface area (Å²) in [4.78, 5) is 0. The predicted octanol–water partition coefficient (Wildman–Crippen LogP) is 3.64. The Balaban J connectivity index is 2.32. The van der Waals surface area contributed by atoms with E-state index in [0.717, 1.165) is 15.8 Å². The van der Waals surface area contributed by atoms with Crippen molar-refractivity contribution in [3.05, 3.63) is 0 Å². The first-order valence-corrected chi connectivity index (χ1v) is 5.58. The van der Waals surface area contributed by atoms with Crippen LogP contribution in [0.15, 0.2) is 0 Å². The molecule has 3 unspecified atom stereocenters. The molecule has 1 rings (SSSR count). The standard InChI is InChI=1S/C9H17I/c1-7-4-3-5-9(6-7)8(2)10/h7-9H,3-6H2,1-2H3. The fourth-order valence-electron chi connectivity index (χ4n) is 1.90. The highest BCUT2D eigenvalue weighted by atomic mass is 127. The third kappa shape index (κ3) is 2.40. The summed E-state index contributed by atoms with van der Waals surface area (Å²) in [5.74, 6) is 2.01. The third-order valence-corrected chi connectivity index (χ3v) is 3.64. The molecule has 0 aliphatic heterocycles. The average Bonchev–Trinajstić information content (AvgIpc) is 1.88. The fourth-order valence-corrected chi connectivity index (χ4v) is 2.55. The molecule has 0 aromatic heterocycles. The van der Waals surface area contributed by atoms with E-state index in [1.54, 1.807) is 0 Å². The van der Waals surface area contributed by atoms with Crippen molar-refractivity contribution in [2.75, 3.05) is 0 Å². The topological polar surface area (TPSA) is 0 Å². The van der Waals surface area contributed by atoms with E-state index in [-0.39, 0.29) is 0 Å². The van der Waals surface area contributed by atoms with Crippen LogP contribution in [0, 0.1) is 11.8 Å². The van der Waals surface area contributed by atoms with Gasteiger partial charge in [-0.25, -0.2) is 0 Å². The number of halogens is 1. The molecule has 1 aliphatic rings. The first-order chi connectivity index (χ1) is 4.70. The first-order valence-electron chi connectivity index (χ1n) is 4.34. The number of alkyl halides is 1. The molecule has 60 valence electrons. The lowest BCUT2D eigenvalue weighted by Crippen LogP contribution is -2.19. The second-order valence-corrected chi connectivity index (χ2v) is 5.67. The van der Waals surface area contributed by atoms with Crippen molar-refractivity contribution >= 4 is 22.6 Å². The van der Waals surface area contributed by atoms with Crippen molar-refractivity contribution in [1.29, 1.82) is 0 Å². The summed E-state index contributed by atoms with van der Waals surface area (Å²) in [7, 11) is 0. The first kappa shape index (κ1) is 8.82. The maximum Gasteiger partial charge on any atom is 0.0110 e. The van der Waals surface area contributed by atoms with E-state index in [2.05, 4.69) is 36.4 Å². The lowest BCUT2D eigenvalue weighted by Gasteiger charge is -2.28. The van der Waals surface area contributed by atoms with E-state index < -0.39 is 0 Å². The molecular formula is C9H17I. The van der Waals surface area contributed by atoms with Crippen molar-refractivity contribution in [1.82, 2.24) is 0 Å².